The molecule has 174 valence electrons. The highest BCUT2D eigenvalue weighted by Crippen LogP contribution is 2.45. The van der Waals surface area contributed by atoms with E-state index in [1.54, 1.807) is 12.1 Å². The van der Waals surface area contributed by atoms with E-state index in [-0.39, 0.29) is 17.5 Å². The standard InChI is InChI=1S/C26H33N5O2/c32-24(11-6-14-31-26(33)21-8-1-2-9-22(21)27-28-31)30-13-5-7-18-15-19-16-20(25(18)30)17-29-12-4-3-10-23(19)29/h1-2,8-9,15,19-20,23,25H,3-7,10-14,16-17H2/t19-,20?,23?,25?/m0/s1. The summed E-state index contributed by atoms with van der Waals surface area (Å²) in [6.45, 7) is 3.66. The predicted octanol–water partition coefficient (Wildman–Crippen LogP) is 2.99. The lowest BCUT2D eigenvalue weighted by Crippen LogP contribution is -2.60. The number of hydrogen-bond donors (Lipinski definition) is 0. The van der Waals surface area contributed by atoms with Crippen molar-refractivity contribution in [3.05, 3.63) is 46.3 Å². The second-order valence-corrected chi connectivity index (χ2v) is 10.3. The summed E-state index contributed by atoms with van der Waals surface area (Å²) in [5.41, 5.74) is 2.01. The Bertz CT molecular complexity index is 1140. The molecule has 3 saturated heterocycles. The molecule has 4 atom stereocenters. The molecular formula is C26H33N5O2. The van der Waals surface area contributed by atoms with Gasteiger partial charge in [-0.05, 0) is 69.0 Å². The number of fused-ring (bicyclic) bond motifs is 7. The van der Waals surface area contributed by atoms with Crippen LogP contribution in [0.3, 0.4) is 0 Å². The third-order valence-corrected chi connectivity index (χ3v) is 8.37. The number of likely N-dealkylation sites (tertiary alicyclic amines) is 1. The lowest BCUT2D eigenvalue weighted by Gasteiger charge is -2.54. The fourth-order valence-electron chi connectivity index (χ4n) is 6.95. The van der Waals surface area contributed by atoms with Crippen molar-refractivity contribution < 1.29 is 4.79 Å². The maximum Gasteiger partial charge on any atom is 0.277 e. The molecule has 3 aliphatic heterocycles. The van der Waals surface area contributed by atoms with Gasteiger partial charge in [0.25, 0.3) is 5.56 Å². The van der Waals surface area contributed by atoms with Crippen molar-refractivity contribution in [3.8, 4) is 0 Å². The van der Waals surface area contributed by atoms with Crippen LogP contribution in [0.15, 0.2) is 40.7 Å². The number of rotatable bonds is 4. The highest BCUT2D eigenvalue weighted by atomic mass is 16.2. The highest BCUT2D eigenvalue weighted by Gasteiger charge is 2.46. The van der Waals surface area contributed by atoms with E-state index in [9.17, 15) is 9.59 Å². The smallest absolute Gasteiger partial charge is 0.277 e. The highest BCUT2D eigenvalue weighted by molar-refractivity contribution is 5.77. The minimum atomic E-state index is -0.132. The first-order chi connectivity index (χ1) is 16.2. The second kappa shape index (κ2) is 8.67. The first-order valence-corrected chi connectivity index (χ1v) is 12.8. The van der Waals surface area contributed by atoms with E-state index in [1.165, 1.54) is 42.5 Å². The van der Waals surface area contributed by atoms with Gasteiger partial charge in [-0.2, -0.15) is 0 Å². The third kappa shape index (κ3) is 3.80. The van der Waals surface area contributed by atoms with E-state index in [0.29, 0.717) is 42.1 Å². The molecule has 1 aromatic carbocycles. The van der Waals surface area contributed by atoms with Crippen LogP contribution in [0.1, 0.15) is 51.4 Å². The van der Waals surface area contributed by atoms with Crippen LogP contribution in [0.4, 0.5) is 0 Å². The summed E-state index contributed by atoms with van der Waals surface area (Å²) in [6.07, 6.45) is 11.1. The van der Waals surface area contributed by atoms with Crippen LogP contribution >= 0.6 is 0 Å². The summed E-state index contributed by atoms with van der Waals surface area (Å²) in [5, 5.41) is 8.81. The second-order valence-electron chi connectivity index (χ2n) is 10.3. The van der Waals surface area contributed by atoms with E-state index in [0.717, 1.165) is 32.0 Å². The fraction of sp³-hybridized carbons (Fsp3) is 0.615. The van der Waals surface area contributed by atoms with Gasteiger partial charge in [0.05, 0.1) is 11.4 Å². The lowest BCUT2D eigenvalue weighted by molar-refractivity contribution is -0.136. The van der Waals surface area contributed by atoms with Gasteiger partial charge in [-0.3, -0.25) is 14.5 Å². The van der Waals surface area contributed by atoms with E-state index in [2.05, 4.69) is 26.2 Å². The van der Waals surface area contributed by atoms with Crippen LogP contribution in [0, 0.1) is 11.8 Å². The van der Waals surface area contributed by atoms with Gasteiger partial charge in [0.1, 0.15) is 5.52 Å². The van der Waals surface area contributed by atoms with Gasteiger partial charge in [-0.15, -0.1) is 5.10 Å². The summed E-state index contributed by atoms with van der Waals surface area (Å²) in [6, 6.07) is 8.29. The van der Waals surface area contributed by atoms with E-state index in [1.807, 2.05) is 12.1 Å². The maximum absolute atomic E-state index is 13.3. The van der Waals surface area contributed by atoms with Crippen LogP contribution in [0.25, 0.3) is 10.9 Å². The summed E-state index contributed by atoms with van der Waals surface area (Å²) in [7, 11) is 0. The molecule has 0 saturated carbocycles. The zero-order valence-electron chi connectivity index (χ0n) is 19.2. The number of benzene rings is 1. The van der Waals surface area contributed by atoms with Crippen LogP contribution in [-0.4, -0.2) is 62.4 Å². The summed E-state index contributed by atoms with van der Waals surface area (Å²) < 4.78 is 1.40. The Kier molecular flexibility index (Phi) is 5.52. The first-order valence-electron chi connectivity index (χ1n) is 12.8. The summed E-state index contributed by atoms with van der Waals surface area (Å²) in [4.78, 5) is 30.9. The first kappa shape index (κ1) is 21.0. The van der Waals surface area contributed by atoms with Gasteiger partial charge in [-0.1, -0.05) is 35.4 Å². The molecule has 3 unspecified atom stereocenters. The van der Waals surface area contributed by atoms with Crippen LogP contribution in [0.2, 0.25) is 0 Å². The van der Waals surface area contributed by atoms with Crippen LogP contribution in [-0.2, 0) is 11.3 Å². The Morgan fingerprint density at radius 2 is 2.03 bits per heavy atom. The third-order valence-electron chi connectivity index (χ3n) is 8.37. The Morgan fingerprint density at radius 1 is 1.12 bits per heavy atom. The minimum absolute atomic E-state index is 0.132. The van der Waals surface area contributed by atoms with Crippen molar-refractivity contribution in [2.24, 2.45) is 11.8 Å². The molecule has 7 nitrogen and oxygen atoms in total. The average molecular weight is 448 g/mol. The van der Waals surface area contributed by atoms with Crippen LogP contribution < -0.4 is 5.56 Å². The molecule has 2 aromatic rings. The number of nitrogens with zero attached hydrogens (tertiary/aromatic N) is 5. The van der Waals surface area contributed by atoms with E-state index < -0.39 is 0 Å². The molecule has 7 heteroatoms. The van der Waals surface area contributed by atoms with E-state index in [4.69, 9.17) is 0 Å². The number of hydrogen-bond acceptors (Lipinski definition) is 5. The molecule has 0 radical (unpaired) electrons. The molecule has 0 N–H and O–H groups in total. The van der Waals surface area contributed by atoms with Crippen molar-refractivity contribution >= 4 is 16.8 Å². The van der Waals surface area contributed by atoms with Crippen molar-refractivity contribution in [2.45, 2.75) is 70.0 Å². The molecular weight excluding hydrogens is 414 g/mol. The Labute approximate surface area is 194 Å². The van der Waals surface area contributed by atoms with Gasteiger partial charge in [0, 0.05) is 32.1 Å². The van der Waals surface area contributed by atoms with Gasteiger partial charge < -0.3 is 4.90 Å². The quantitative estimate of drug-likeness (QED) is 0.674. The molecule has 4 heterocycles. The molecule has 4 aliphatic rings. The number of piperidine rings is 3. The normalized spacial score (nSPS) is 29.3. The van der Waals surface area contributed by atoms with Crippen LogP contribution in [0.5, 0.6) is 0 Å². The van der Waals surface area contributed by atoms with Gasteiger partial charge in [0.2, 0.25) is 5.91 Å². The van der Waals surface area contributed by atoms with E-state index >= 15 is 0 Å². The summed E-state index contributed by atoms with van der Waals surface area (Å²) in [5.74, 6) is 1.48. The number of aryl methyl sites for hydroxylation is 1. The number of carbonyl (C=O) groups excluding carboxylic acids is 1. The zero-order valence-corrected chi connectivity index (χ0v) is 19.2. The largest absolute Gasteiger partial charge is 0.336 e. The average Bonchev–Trinajstić information content (AvgIpc) is 2.85. The van der Waals surface area contributed by atoms with Gasteiger partial charge >= 0.3 is 0 Å². The predicted molar refractivity (Wildman–Crippen MR) is 127 cm³/mol. The number of amides is 1. The fourth-order valence-corrected chi connectivity index (χ4v) is 6.95. The SMILES string of the molecule is O=C(CCCn1nnc2ccccc2c1=O)N1CCCC2=C[C@H]3CC(CN4CCCCC34)C21. The van der Waals surface area contributed by atoms with Gasteiger partial charge in [0.15, 0.2) is 0 Å². The molecule has 6 rings (SSSR count). The Hall–Kier alpha value is -2.54. The Morgan fingerprint density at radius 3 is 2.97 bits per heavy atom. The molecule has 1 aliphatic carbocycles. The molecule has 1 amide bonds. The zero-order chi connectivity index (χ0) is 22.4. The number of aromatic nitrogens is 3. The topological polar surface area (TPSA) is 71.3 Å². The van der Waals surface area contributed by atoms with Crippen molar-refractivity contribution in [1.29, 1.82) is 0 Å². The minimum Gasteiger partial charge on any atom is -0.336 e. The molecule has 33 heavy (non-hydrogen) atoms. The monoisotopic (exact) mass is 447 g/mol. The lowest BCUT2D eigenvalue weighted by atomic mass is 9.68. The van der Waals surface area contributed by atoms with Crippen molar-refractivity contribution in [2.75, 3.05) is 19.6 Å². The molecule has 0 spiro atoms. The molecule has 2 bridgehead atoms. The van der Waals surface area contributed by atoms with Gasteiger partial charge in [-0.25, -0.2) is 4.68 Å². The Balaban J connectivity index is 1.14. The molecule has 1 aromatic heterocycles. The number of carbonyl (C=O) groups is 1. The summed E-state index contributed by atoms with van der Waals surface area (Å²) >= 11 is 0. The molecule has 3 fully saturated rings. The van der Waals surface area contributed by atoms with Crippen molar-refractivity contribution in [1.82, 2.24) is 24.8 Å². The maximum atomic E-state index is 13.3. The van der Waals surface area contributed by atoms with Crippen molar-refractivity contribution in [3.63, 3.8) is 0 Å².